The second-order valence-corrected chi connectivity index (χ2v) is 9.31. The third kappa shape index (κ3) is 6.10. The lowest BCUT2D eigenvalue weighted by Crippen LogP contribution is -2.49. The van der Waals surface area contributed by atoms with Crippen molar-refractivity contribution in [1.82, 2.24) is 19.2 Å². The van der Waals surface area contributed by atoms with Gasteiger partial charge in [0.25, 0.3) is 11.5 Å². The van der Waals surface area contributed by atoms with Crippen LogP contribution < -0.4 is 11.2 Å². The van der Waals surface area contributed by atoms with Crippen molar-refractivity contribution in [2.75, 3.05) is 19.7 Å². The second kappa shape index (κ2) is 11.3. The van der Waals surface area contributed by atoms with Crippen LogP contribution in [0.1, 0.15) is 46.9 Å². The molecule has 4 rings (SSSR count). The number of hydrogen-bond acceptors (Lipinski definition) is 6. The first-order valence-electron chi connectivity index (χ1n) is 12.4. The number of carbonyl (C=O) groups is 2. The monoisotopic (exact) mass is 544 g/mol. The number of benzene rings is 2. The number of alkyl halides is 3. The number of hydrogen-bond donors (Lipinski definition) is 0. The number of amides is 1. The Hall–Kier alpha value is -4.22. The Morgan fingerprint density at radius 1 is 1.10 bits per heavy atom. The van der Waals surface area contributed by atoms with Crippen LogP contribution in [0.4, 0.5) is 13.2 Å². The van der Waals surface area contributed by atoms with Crippen molar-refractivity contribution in [1.29, 1.82) is 0 Å². The molecule has 0 N–H and O–H groups in total. The molecule has 12 heteroatoms. The number of carbonyl (C=O) groups excluding carboxylic acids is 2. The molecule has 0 unspecified atom stereocenters. The summed E-state index contributed by atoms with van der Waals surface area (Å²) in [5, 5.41) is 4.13. The Kier molecular flexibility index (Phi) is 8.03. The van der Waals surface area contributed by atoms with Gasteiger partial charge in [-0.25, -0.2) is 4.79 Å². The van der Waals surface area contributed by atoms with Crippen LogP contribution >= 0.6 is 0 Å². The molecule has 1 amide bonds. The van der Waals surface area contributed by atoms with Crippen molar-refractivity contribution in [3.8, 4) is 5.69 Å². The number of piperidine rings is 1. The van der Waals surface area contributed by atoms with Gasteiger partial charge in [-0.2, -0.15) is 23.0 Å². The van der Waals surface area contributed by atoms with Gasteiger partial charge in [-0.1, -0.05) is 24.3 Å². The largest absolute Gasteiger partial charge is 0.466 e. The van der Waals surface area contributed by atoms with Gasteiger partial charge in [0.2, 0.25) is 5.69 Å². The van der Waals surface area contributed by atoms with Gasteiger partial charge in [0.1, 0.15) is 0 Å². The Labute approximate surface area is 221 Å². The first-order chi connectivity index (χ1) is 18.5. The molecule has 0 aliphatic carbocycles. The van der Waals surface area contributed by atoms with E-state index in [1.165, 1.54) is 17.0 Å². The van der Waals surface area contributed by atoms with E-state index in [1.807, 2.05) is 0 Å². The average Bonchev–Trinajstić information content (AvgIpc) is 2.91. The van der Waals surface area contributed by atoms with Gasteiger partial charge < -0.3 is 9.64 Å². The Bertz CT molecular complexity index is 1490. The predicted molar refractivity (Wildman–Crippen MR) is 135 cm³/mol. The molecule has 39 heavy (non-hydrogen) atoms. The molecule has 1 aromatic heterocycles. The van der Waals surface area contributed by atoms with Crippen LogP contribution in [0, 0.1) is 12.8 Å². The normalized spacial score (nSPS) is 15.7. The van der Waals surface area contributed by atoms with Gasteiger partial charge in [0.15, 0.2) is 0 Å². The Balaban J connectivity index is 1.77. The molecule has 2 aromatic carbocycles. The fourth-order valence-corrected chi connectivity index (χ4v) is 4.46. The number of nitrogens with zero attached hydrogens (tertiary/aromatic N) is 4. The van der Waals surface area contributed by atoms with E-state index in [9.17, 15) is 32.3 Å². The van der Waals surface area contributed by atoms with Crippen LogP contribution in [0.5, 0.6) is 0 Å². The van der Waals surface area contributed by atoms with Crippen molar-refractivity contribution in [2.24, 2.45) is 5.92 Å². The molecule has 9 nitrogen and oxygen atoms in total. The highest BCUT2D eigenvalue weighted by atomic mass is 19.4. The summed E-state index contributed by atoms with van der Waals surface area (Å²) in [6, 6.07) is 10.8. The zero-order chi connectivity index (χ0) is 28.3. The summed E-state index contributed by atoms with van der Waals surface area (Å²) < 4.78 is 45.8. The van der Waals surface area contributed by atoms with Gasteiger partial charge in [0, 0.05) is 13.1 Å². The van der Waals surface area contributed by atoms with Crippen molar-refractivity contribution in [2.45, 2.75) is 39.4 Å². The van der Waals surface area contributed by atoms with Crippen LogP contribution in [-0.4, -0.2) is 50.8 Å². The molecule has 2 heterocycles. The molecule has 1 saturated heterocycles. The van der Waals surface area contributed by atoms with E-state index in [2.05, 4.69) is 5.10 Å². The van der Waals surface area contributed by atoms with E-state index >= 15 is 0 Å². The molecule has 1 aliphatic rings. The highest BCUT2D eigenvalue weighted by Gasteiger charge is 2.33. The molecule has 206 valence electrons. The van der Waals surface area contributed by atoms with Crippen molar-refractivity contribution < 1.29 is 27.5 Å². The first-order valence-corrected chi connectivity index (χ1v) is 12.4. The van der Waals surface area contributed by atoms with Crippen LogP contribution in [0.2, 0.25) is 0 Å². The maximum Gasteiger partial charge on any atom is 0.416 e. The number of likely N-dealkylation sites (tertiary alicyclic amines) is 1. The first kappa shape index (κ1) is 27.8. The van der Waals surface area contributed by atoms with Gasteiger partial charge in [0.05, 0.1) is 30.3 Å². The smallest absolute Gasteiger partial charge is 0.416 e. The quantitative estimate of drug-likeness (QED) is 0.442. The Morgan fingerprint density at radius 2 is 1.82 bits per heavy atom. The fourth-order valence-electron chi connectivity index (χ4n) is 4.46. The van der Waals surface area contributed by atoms with E-state index in [0.717, 1.165) is 26.9 Å². The van der Waals surface area contributed by atoms with Gasteiger partial charge in [-0.15, -0.1) is 0 Å². The van der Waals surface area contributed by atoms with E-state index in [1.54, 1.807) is 38.1 Å². The number of esters is 1. The zero-order valence-electron chi connectivity index (χ0n) is 21.4. The van der Waals surface area contributed by atoms with Gasteiger partial charge >= 0.3 is 17.8 Å². The van der Waals surface area contributed by atoms with E-state index < -0.39 is 46.5 Å². The summed E-state index contributed by atoms with van der Waals surface area (Å²) in [4.78, 5) is 54.0. The minimum atomic E-state index is -4.54. The SMILES string of the molecule is CCOC(=O)[C@H]1CCCN(C(=O)c2nn(-c3cccc(C)c3)c(=O)n(Cc3ccc(C(F)(F)F)cc3)c2=O)C1. The second-order valence-electron chi connectivity index (χ2n) is 9.31. The molecular weight excluding hydrogens is 517 g/mol. The predicted octanol–water partition coefficient (Wildman–Crippen LogP) is 3.19. The lowest BCUT2D eigenvalue weighted by molar-refractivity contribution is -0.149. The van der Waals surface area contributed by atoms with Crippen LogP contribution in [-0.2, 0) is 22.3 Å². The molecule has 3 aromatic rings. The number of aromatic nitrogens is 3. The maximum absolute atomic E-state index is 13.5. The van der Waals surface area contributed by atoms with Crippen LogP contribution in [0.15, 0.2) is 58.1 Å². The molecule has 0 radical (unpaired) electrons. The number of ether oxygens (including phenoxy) is 1. The summed E-state index contributed by atoms with van der Waals surface area (Å²) in [6.07, 6.45) is -3.51. The van der Waals surface area contributed by atoms with Crippen LogP contribution in [0.25, 0.3) is 5.69 Å². The summed E-state index contributed by atoms with van der Waals surface area (Å²) in [5.41, 5.74) is -1.89. The molecular formula is C27H27F3N4O5. The number of aryl methyl sites for hydroxylation is 1. The summed E-state index contributed by atoms with van der Waals surface area (Å²) in [5.74, 6) is -1.75. The van der Waals surface area contributed by atoms with Crippen molar-refractivity contribution in [3.05, 3.63) is 91.8 Å². The van der Waals surface area contributed by atoms with Crippen molar-refractivity contribution >= 4 is 11.9 Å². The molecule has 0 bridgehead atoms. The molecule has 1 atom stereocenters. The zero-order valence-corrected chi connectivity index (χ0v) is 21.4. The van der Waals surface area contributed by atoms with Crippen molar-refractivity contribution in [3.63, 3.8) is 0 Å². The molecule has 0 spiro atoms. The number of halogens is 3. The van der Waals surface area contributed by atoms with E-state index in [0.29, 0.717) is 18.5 Å². The topological polar surface area (TPSA) is 104 Å². The highest BCUT2D eigenvalue weighted by Crippen LogP contribution is 2.29. The average molecular weight is 545 g/mol. The minimum Gasteiger partial charge on any atom is -0.466 e. The summed E-state index contributed by atoms with van der Waals surface area (Å²) in [7, 11) is 0. The standard InChI is InChI=1S/C27H27F3N4O5/c1-3-39-25(37)19-7-5-13-32(16-19)23(35)22-24(36)33(15-18-9-11-20(12-10-18)27(28,29)30)26(38)34(31-22)21-8-4-6-17(2)14-21/h4,6,8-12,14,19H,3,5,7,13,15-16H2,1-2H3/t19-/m0/s1. The molecule has 0 saturated carbocycles. The van der Waals surface area contributed by atoms with Gasteiger partial charge in [-0.05, 0) is 62.1 Å². The van der Waals surface area contributed by atoms with Gasteiger partial charge in [-0.3, -0.25) is 19.0 Å². The Morgan fingerprint density at radius 3 is 2.46 bits per heavy atom. The number of rotatable bonds is 6. The molecule has 1 aliphatic heterocycles. The van der Waals surface area contributed by atoms with E-state index in [4.69, 9.17) is 4.74 Å². The molecule has 1 fully saturated rings. The third-order valence-electron chi connectivity index (χ3n) is 6.46. The maximum atomic E-state index is 13.5. The van der Waals surface area contributed by atoms with E-state index in [-0.39, 0.29) is 31.8 Å². The minimum absolute atomic E-state index is 0.0290. The third-order valence-corrected chi connectivity index (χ3v) is 6.46. The fraction of sp³-hybridized carbons (Fsp3) is 0.370. The lowest BCUT2D eigenvalue weighted by Gasteiger charge is -2.31. The highest BCUT2D eigenvalue weighted by molar-refractivity contribution is 5.92. The summed E-state index contributed by atoms with van der Waals surface area (Å²) >= 11 is 0. The lowest BCUT2D eigenvalue weighted by atomic mass is 9.98. The summed E-state index contributed by atoms with van der Waals surface area (Å²) in [6.45, 7) is 3.60. The van der Waals surface area contributed by atoms with Crippen LogP contribution in [0.3, 0.4) is 0 Å².